The van der Waals surface area contributed by atoms with Crippen LogP contribution in [0.5, 0.6) is 0 Å². The van der Waals surface area contributed by atoms with E-state index < -0.39 is 0 Å². The van der Waals surface area contributed by atoms with Gasteiger partial charge in [-0.05, 0) is 49.6 Å². The van der Waals surface area contributed by atoms with Crippen molar-refractivity contribution < 1.29 is 4.39 Å². The Morgan fingerprint density at radius 1 is 1.22 bits per heavy atom. The second-order valence-corrected chi connectivity index (χ2v) is 6.22. The number of nitrogens with one attached hydrogen (secondary N) is 1. The number of hydrogen-bond acceptors (Lipinski definition) is 2. The van der Waals surface area contributed by atoms with E-state index >= 15 is 0 Å². The third kappa shape index (κ3) is 6.76. The molecule has 1 aromatic rings. The molecule has 0 atom stereocenters. The first-order valence-corrected chi connectivity index (χ1v) is 8.56. The maximum Gasteiger partial charge on any atom is 0.127 e. The van der Waals surface area contributed by atoms with Crippen molar-refractivity contribution in [1.82, 2.24) is 5.32 Å². The quantitative estimate of drug-likeness (QED) is 0.662. The van der Waals surface area contributed by atoms with Crippen LogP contribution < -0.4 is 5.32 Å². The van der Waals surface area contributed by atoms with E-state index in [-0.39, 0.29) is 5.82 Å². The van der Waals surface area contributed by atoms with E-state index in [1.54, 1.807) is 6.07 Å². The Morgan fingerprint density at radius 2 is 2.00 bits per heavy atom. The molecule has 18 heavy (non-hydrogen) atoms. The Morgan fingerprint density at radius 3 is 2.78 bits per heavy atom. The lowest BCUT2D eigenvalue weighted by Gasteiger charge is -2.06. The third-order valence-electron chi connectivity index (χ3n) is 2.78. The van der Waals surface area contributed by atoms with Gasteiger partial charge in [-0.1, -0.05) is 28.8 Å². The van der Waals surface area contributed by atoms with Crippen molar-refractivity contribution in [3.63, 3.8) is 0 Å². The van der Waals surface area contributed by atoms with Crippen LogP contribution in [0.4, 0.5) is 4.39 Å². The fourth-order valence-corrected chi connectivity index (χ4v) is 2.65. The van der Waals surface area contributed by atoms with Crippen molar-refractivity contribution in [1.29, 1.82) is 0 Å². The fourth-order valence-electron chi connectivity index (χ4n) is 1.75. The fraction of sp³-hybridized carbons (Fsp3) is 0.571. The Labute approximate surface area is 122 Å². The molecule has 1 nitrogen and oxygen atoms in total. The summed E-state index contributed by atoms with van der Waals surface area (Å²) in [6, 6.07) is 5.06. The molecule has 0 amide bonds. The maximum atomic E-state index is 13.4. The SMILES string of the molecule is CSCCCCCCNCc1cc(Br)ccc1F. The molecule has 1 rings (SSSR count). The monoisotopic (exact) mass is 333 g/mol. The predicted octanol–water partition coefficient (Wildman–Crippen LogP) is 4.60. The first kappa shape index (κ1) is 16.0. The molecule has 102 valence electrons. The maximum absolute atomic E-state index is 13.4. The third-order valence-corrected chi connectivity index (χ3v) is 3.97. The largest absolute Gasteiger partial charge is 0.313 e. The van der Waals surface area contributed by atoms with E-state index in [1.807, 2.05) is 17.8 Å². The van der Waals surface area contributed by atoms with Gasteiger partial charge in [-0.2, -0.15) is 11.8 Å². The molecule has 0 aromatic heterocycles. The smallest absolute Gasteiger partial charge is 0.127 e. The van der Waals surface area contributed by atoms with Gasteiger partial charge in [0.2, 0.25) is 0 Å². The van der Waals surface area contributed by atoms with E-state index in [1.165, 1.54) is 37.5 Å². The van der Waals surface area contributed by atoms with Crippen LogP contribution in [0.1, 0.15) is 31.2 Å². The van der Waals surface area contributed by atoms with Crippen LogP contribution in [-0.4, -0.2) is 18.6 Å². The lowest BCUT2D eigenvalue weighted by molar-refractivity contribution is 0.567. The highest BCUT2D eigenvalue weighted by Crippen LogP contribution is 2.15. The molecular formula is C14H21BrFNS. The highest BCUT2D eigenvalue weighted by atomic mass is 79.9. The molecular weight excluding hydrogens is 313 g/mol. The highest BCUT2D eigenvalue weighted by molar-refractivity contribution is 9.10. The lowest BCUT2D eigenvalue weighted by atomic mass is 10.2. The van der Waals surface area contributed by atoms with Gasteiger partial charge in [-0.15, -0.1) is 0 Å². The van der Waals surface area contributed by atoms with Crippen LogP contribution in [0.3, 0.4) is 0 Å². The zero-order valence-corrected chi connectivity index (χ0v) is 13.2. The van der Waals surface area contributed by atoms with Crippen molar-refractivity contribution in [3.8, 4) is 0 Å². The summed E-state index contributed by atoms with van der Waals surface area (Å²) >= 11 is 5.27. The van der Waals surface area contributed by atoms with Crippen molar-refractivity contribution in [3.05, 3.63) is 34.1 Å². The van der Waals surface area contributed by atoms with Crippen LogP contribution in [0, 0.1) is 5.82 Å². The molecule has 4 heteroatoms. The van der Waals surface area contributed by atoms with E-state index in [0.717, 1.165) is 16.6 Å². The highest BCUT2D eigenvalue weighted by Gasteiger charge is 2.01. The van der Waals surface area contributed by atoms with Gasteiger partial charge in [-0.25, -0.2) is 4.39 Å². The first-order valence-electron chi connectivity index (χ1n) is 6.37. The zero-order valence-electron chi connectivity index (χ0n) is 10.8. The lowest BCUT2D eigenvalue weighted by Crippen LogP contribution is -2.15. The summed E-state index contributed by atoms with van der Waals surface area (Å²) in [4.78, 5) is 0. The van der Waals surface area contributed by atoms with Gasteiger partial charge in [0, 0.05) is 16.6 Å². The second-order valence-electron chi connectivity index (χ2n) is 4.32. The molecule has 0 spiro atoms. The summed E-state index contributed by atoms with van der Waals surface area (Å²) in [5.74, 6) is 1.13. The topological polar surface area (TPSA) is 12.0 Å². The average molecular weight is 334 g/mol. The molecule has 0 saturated carbocycles. The van der Waals surface area contributed by atoms with Crippen molar-refractivity contribution >= 4 is 27.7 Å². The van der Waals surface area contributed by atoms with Gasteiger partial charge in [-0.3, -0.25) is 0 Å². The van der Waals surface area contributed by atoms with Crippen LogP contribution in [-0.2, 0) is 6.54 Å². The van der Waals surface area contributed by atoms with Gasteiger partial charge < -0.3 is 5.32 Å². The summed E-state index contributed by atoms with van der Waals surface area (Å²) < 4.78 is 14.3. The number of thioether (sulfide) groups is 1. The van der Waals surface area contributed by atoms with Crippen LogP contribution in [0.2, 0.25) is 0 Å². The minimum absolute atomic E-state index is 0.134. The number of unbranched alkanes of at least 4 members (excludes halogenated alkanes) is 3. The second kappa shape index (κ2) is 9.82. The number of rotatable bonds is 9. The molecule has 0 saturated heterocycles. The number of hydrogen-bond donors (Lipinski definition) is 1. The minimum Gasteiger partial charge on any atom is -0.313 e. The van der Waals surface area contributed by atoms with Gasteiger partial charge in [0.25, 0.3) is 0 Å². The zero-order chi connectivity index (χ0) is 13.2. The Balaban J connectivity index is 2.09. The van der Waals surface area contributed by atoms with Gasteiger partial charge >= 0.3 is 0 Å². The van der Waals surface area contributed by atoms with Gasteiger partial charge in [0.15, 0.2) is 0 Å². The van der Waals surface area contributed by atoms with Crippen molar-refractivity contribution in [2.75, 3.05) is 18.6 Å². The van der Waals surface area contributed by atoms with E-state index in [9.17, 15) is 4.39 Å². The molecule has 0 aliphatic rings. The number of benzene rings is 1. The molecule has 0 unspecified atom stereocenters. The molecule has 1 aromatic carbocycles. The molecule has 0 radical (unpaired) electrons. The van der Waals surface area contributed by atoms with E-state index in [4.69, 9.17) is 0 Å². The molecule has 0 fully saturated rings. The van der Waals surface area contributed by atoms with Crippen LogP contribution in [0.15, 0.2) is 22.7 Å². The first-order chi connectivity index (χ1) is 8.74. The van der Waals surface area contributed by atoms with Gasteiger partial charge in [0.1, 0.15) is 5.82 Å². The van der Waals surface area contributed by atoms with Crippen molar-refractivity contribution in [2.45, 2.75) is 32.2 Å². The molecule has 0 bridgehead atoms. The Kier molecular flexibility index (Phi) is 8.72. The average Bonchev–Trinajstić information content (AvgIpc) is 2.36. The molecule has 1 N–H and O–H groups in total. The molecule has 0 aliphatic carbocycles. The number of halogens is 2. The normalized spacial score (nSPS) is 10.8. The molecule has 0 aliphatic heterocycles. The van der Waals surface area contributed by atoms with E-state index in [0.29, 0.717) is 6.54 Å². The Hall–Kier alpha value is -0.0600. The summed E-state index contributed by atoms with van der Waals surface area (Å²) in [6.07, 6.45) is 7.18. The van der Waals surface area contributed by atoms with Crippen LogP contribution >= 0.6 is 27.7 Å². The summed E-state index contributed by atoms with van der Waals surface area (Å²) in [5.41, 5.74) is 0.728. The summed E-state index contributed by atoms with van der Waals surface area (Å²) in [5, 5.41) is 3.29. The van der Waals surface area contributed by atoms with Gasteiger partial charge in [0.05, 0.1) is 0 Å². The standard InChI is InChI=1S/C14H21BrFNS/c1-18-9-5-3-2-4-8-17-11-12-10-13(15)6-7-14(12)16/h6-7,10,17H,2-5,8-9,11H2,1H3. The summed E-state index contributed by atoms with van der Waals surface area (Å²) in [6.45, 7) is 1.57. The van der Waals surface area contributed by atoms with E-state index in [2.05, 4.69) is 27.5 Å². The van der Waals surface area contributed by atoms with Crippen molar-refractivity contribution in [2.24, 2.45) is 0 Å². The summed E-state index contributed by atoms with van der Waals surface area (Å²) in [7, 11) is 0. The minimum atomic E-state index is -0.134. The predicted molar refractivity (Wildman–Crippen MR) is 82.7 cm³/mol. The van der Waals surface area contributed by atoms with Crippen LogP contribution in [0.25, 0.3) is 0 Å². The molecule has 0 heterocycles. The Bertz CT molecular complexity index is 347.